The molecule has 2 aromatic carbocycles. The van der Waals surface area contributed by atoms with Crippen LogP contribution in [0.2, 0.25) is 0 Å². The fourth-order valence-corrected chi connectivity index (χ4v) is 3.75. The minimum Gasteiger partial charge on any atom is -0.355 e. The lowest BCUT2D eigenvalue weighted by atomic mass is 9.83. The van der Waals surface area contributed by atoms with E-state index < -0.39 is 0 Å². The first kappa shape index (κ1) is 22.9. The van der Waals surface area contributed by atoms with Gasteiger partial charge in [-0.25, -0.2) is 0 Å². The molecule has 0 bridgehead atoms. The molecule has 29 heavy (non-hydrogen) atoms. The predicted octanol–water partition coefficient (Wildman–Crippen LogP) is 3.30. The summed E-state index contributed by atoms with van der Waals surface area (Å²) in [5.74, 6) is 0.0513. The van der Waals surface area contributed by atoms with Gasteiger partial charge < -0.3 is 16.0 Å². The summed E-state index contributed by atoms with van der Waals surface area (Å²) in [6.45, 7) is 3.61. The van der Waals surface area contributed by atoms with Crippen LogP contribution in [0.4, 0.5) is 0 Å². The topological polar surface area (TPSA) is 75.4 Å². The molecule has 1 fully saturated rings. The van der Waals surface area contributed by atoms with Crippen LogP contribution in [-0.4, -0.2) is 29.8 Å². The van der Waals surface area contributed by atoms with E-state index in [1.54, 1.807) is 0 Å². The zero-order valence-corrected chi connectivity index (χ0v) is 17.6. The number of nitrogens with two attached hydrogens (primary N) is 1. The van der Waals surface area contributed by atoms with Gasteiger partial charge in [-0.3, -0.25) is 9.59 Å². The molecule has 0 radical (unpaired) electrons. The van der Waals surface area contributed by atoms with Crippen LogP contribution in [0.25, 0.3) is 0 Å². The first-order valence-corrected chi connectivity index (χ1v) is 9.96. The van der Waals surface area contributed by atoms with Crippen molar-refractivity contribution >= 4 is 24.2 Å². The number of carbonyl (C=O) groups excluding carboxylic acids is 2. The summed E-state index contributed by atoms with van der Waals surface area (Å²) in [4.78, 5) is 27.7. The van der Waals surface area contributed by atoms with E-state index in [0.29, 0.717) is 32.5 Å². The summed E-state index contributed by atoms with van der Waals surface area (Å²) in [5, 5.41) is 3.05. The minimum atomic E-state index is -0.270. The average molecular weight is 416 g/mol. The Morgan fingerprint density at radius 2 is 1.76 bits per heavy atom. The number of hydrogen-bond donors (Lipinski definition) is 2. The van der Waals surface area contributed by atoms with E-state index >= 15 is 0 Å². The molecule has 0 aliphatic carbocycles. The van der Waals surface area contributed by atoms with Crippen molar-refractivity contribution in [3.05, 3.63) is 71.8 Å². The molecular formula is C23H30ClN3O2. The summed E-state index contributed by atoms with van der Waals surface area (Å²) in [6, 6.07) is 19.5. The summed E-state index contributed by atoms with van der Waals surface area (Å²) < 4.78 is 0. The standard InChI is InChI=1S/C23H29N3O2.ClH/c1-17(14-24)15-25-23(28)20-12-13-21(27)26(16-18-8-4-2-5-9-18)22(20)19-10-6-3-7-11-19;/h2-11,17,20,22H,12-16,24H2,1H3,(H,25,28);1H. The van der Waals surface area contributed by atoms with Crippen molar-refractivity contribution in [2.45, 2.75) is 32.4 Å². The van der Waals surface area contributed by atoms with Crippen LogP contribution >= 0.6 is 12.4 Å². The van der Waals surface area contributed by atoms with Crippen LogP contribution in [0, 0.1) is 11.8 Å². The summed E-state index contributed by atoms with van der Waals surface area (Å²) >= 11 is 0. The third-order valence-electron chi connectivity index (χ3n) is 5.41. The van der Waals surface area contributed by atoms with Gasteiger partial charge in [-0.2, -0.15) is 0 Å². The van der Waals surface area contributed by atoms with E-state index in [0.717, 1.165) is 11.1 Å². The largest absolute Gasteiger partial charge is 0.355 e. The molecule has 156 valence electrons. The number of likely N-dealkylation sites (tertiary alicyclic amines) is 1. The molecule has 2 aromatic rings. The number of carbonyl (C=O) groups is 2. The fraction of sp³-hybridized carbons (Fsp3) is 0.391. The molecule has 1 heterocycles. The third kappa shape index (κ3) is 5.81. The van der Waals surface area contributed by atoms with Gasteiger partial charge in [0.05, 0.1) is 12.0 Å². The van der Waals surface area contributed by atoms with Crippen LogP contribution in [0.5, 0.6) is 0 Å². The third-order valence-corrected chi connectivity index (χ3v) is 5.41. The molecule has 1 saturated heterocycles. The lowest BCUT2D eigenvalue weighted by Gasteiger charge is -2.41. The molecule has 0 spiro atoms. The van der Waals surface area contributed by atoms with Gasteiger partial charge in [0.2, 0.25) is 11.8 Å². The molecule has 0 saturated carbocycles. The Morgan fingerprint density at radius 1 is 1.14 bits per heavy atom. The van der Waals surface area contributed by atoms with Crippen LogP contribution in [0.3, 0.4) is 0 Å². The van der Waals surface area contributed by atoms with Crippen molar-refractivity contribution in [1.82, 2.24) is 10.2 Å². The second kappa shape index (κ2) is 11.0. The van der Waals surface area contributed by atoms with Gasteiger partial charge in [0.25, 0.3) is 0 Å². The maximum Gasteiger partial charge on any atom is 0.225 e. The zero-order valence-electron chi connectivity index (χ0n) is 16.8. The lowest BCUT2D eigenvalue weighted by molar-refractivity contribution is -0.144. The van der Waals surface area contributed by atoms with Crippen molar-refractivity contribution < 1.29 is 9.59 Å². The minimum absolute atomic E-state index is 0. The Hall–Kier alpha value is -2.37. The van der Waals surface area contributed by atoms with E-state index in [9.17, 15) is 9.59 Å². The van der Waals surface area contributed by atoms with Gasteiger partial charge in [-0.05, 0) is 30.0 Å². The van der Waals surface area contributed by atoms with E-state index in [2.05, 4.69) is 5.32 Å². The summed E-state index contributed by atoms with van der Waals surface area (Å²) in [6.07, 6.45) is 0.952. The van der Waals surface area contributed by atoms with Gasteiger partial charge in [0, 0.05) is 19.5 Å². The maximum atomic E-state index is 13.0. The molecule has 1 aliphatic heterocycles. The first-order valence-electron chi connectivity index (χ1n) is 9.96. The van der Waals surface area contributed by atoms with E-state index in [1.165, 1.54) is 0 Å². The van der Waals surface area contributed by atoms with Crippen molar-refractivity contribution in [2.75, 3.05) is 13.1 Å². The highest BCUT2D eigenvalue weighted by atomic mass is 35.5. The Bertz CT molecular complexity index is 785. The van der Waals surface area contributed by atoms with E-state index in [1.807, 2.05) is 72.5 Å². The normalized spacial score (nSPS) is 19.9. The summed E-state index contributed by atoms with van der Waals surface area (Å²) in [5.41, 5.74) is 7.74. The monoisotopic (exact) mass is 415 g/mol. The highest BCUT2D eigenvalue weighted by Gasteiger charge is 2.40. The lowest BCUT2D eigenvalue weighted by Crippen LogP contribution is -2.48. The molecule has 0 aromatic heterocycles. The maximum absolute atomic E-state index is 13.0. The number of piperidine rings is 1. The van der Waals surface area contributed by atoms with Crippen molar-refractivity contribution in [3.63, 3.8) is 0 Å². The Balaban J connectivity index is 0.00000300. The number of halogens is 1. The van der Waals surface area contributed by atoms with Crippen LogP contribution in [0.15, 0.2) is 60.7 Å². The van der Waals surface area contributed by atoms with Crippen molar-refractivity contribution in [1.29, 1.82) is 0 Å². The predicted molar refractivity (Wildman–Crippen MR) is 117 cm³/mol. The smallest absolute Gasteiger partial charge is 0.225 e. The number of nitrogens with zero attached hydrogens (tertiary/aromatic N) is 1. The van der Waals surface area contributed by atoms with Crippen molar-refractivity contribution in [2.24, 2.45) is 17.6 Å². The highest BCUT2D eigenvalue weighted by Crippen LogP contribution is 2.37. The molecular weight excluding hydrogens is 386 g/mol. The number of rotatable bonds is 7. The van der Waals surface area contributed by atoms with Gasteiger partial charge in [0.1, 0.15) is 0 Å². The Morgan fingerprint density at radius 3 is 2.38 bits per heavy atom. The van der Waals surface area contributed by atoms with Crippen LogP contribution in [0.1, 0.15) is 36.9 Å². The average Bonchev–Trinajstić information content (AvgIpc) is 2.74. The number of amides is 2. The second-order valence-electron chi connectivity index (χ2n) is 7.59. The Labute approximate surface area is 179 Å². The zero-order chi connectivity index (χ0) is 19.9. The SMILES string of the molecule is CC(CN)CNC(=O)C1CCC(=O)N(Cc2ccccc2)C1c1ccccc1.Cl. The van der Waals surface area contributed by atoms with Crippen LogP contribution < -0.4 is 11.1 Å². The van der Waals surface area contributed by atoms with Gasteiger partial charge in [0.15, 0.2) is 0 Å². The first-order chi connectivity index (χ1) is 13.6. The van der Waals surface area contributed by atoms with E-state index in [-0.39, 0.29) is 42.1 Å². The molecule has 2 amide bonds. The van der Waals surface area contributed by atoms with Gasteiger partial charge in [-0.15, -0.1) is 12.4 Å². The molecule has 3 unspecified atom stereocenters. The quantitative estimate of drug-likeness (QED) is 0.728. The molecule has 3 rings (SSSR count). The number of hydrogen-bond acceptors (Lipinski definition) is 3. The van der Waals surface area contributed by atoms with Crippen molar-refractivity contribution in [3.8, 4) is 0 Å². The number of benzene rings is 2. The second-order valence-corrected chi connectivity index (χ2v) is 7.59. The van der Waals surface area contributed by atoms with Gasteiger partial charge in [-0.1, -0.05) is 67.6 Å². The molecule has 6 heteroatoms. The molecule has 5 nitrogen and oxygen atoms in total. The molecule has 3 N–H and O–H groups in total. The molecule has 1 aliphatic rings. The highest BCUT2D eigenvalue weighted by molar-refractivity contribution is 5.85. The van der Waals surface area contributed by atoms with E-state index in [4.69, 9.17) is 5.73 Å². The summed E-state index contributed by atoms with van der Waals surface area (Å²) in [7, 11) is 0. The Kier molecular flexibility index (Phi) is 8.68. The fourth-order valence-electron chi connectivity index (χ4n) is 3.75. The van der Waals surface area contributed by atoms with Gasteiger partial charge >= 0.3 is 0 Å². The molecule has 3 atom stereocenters. The number of nitrogens with one attached hydrogen (secondary N) is 1. The van der Waals surface area contributed by atoms with Crippen LogP contribution in [-0.2, 0) is 16.1 Å².